The van der Waals surface area contributed by atoms with Crippen molar-refractivity contribution < 1.29 is 9.90 Å². The normalized spacial score (nSPS) is 14.8. The number of hydrogen-bond donors (Lipinski definition) is 1. The average molecular weight is 206 g/mol. The average Bonchev–Trinajstić information content (AvgIpc) is 2.16. The molecule has 0 aliphatic carbocycles. The van der Waals surface area contributed by atoms with Crippen molar-refractivity contribution in [1.29, 1.82) is 0 Å². The zero-order valence-corrected chi connectivity index (χ0v) is 9.74. The highest BCUT2D eigenvalue weighted by atomic mass is 16.3. The fourth-order valence-corrected chi connectivity index (χ4v) is 0.702. The van der Waals surface area contributed by atoms with Gasteiger partial charge in [-0.15, -0.1) is 0 Å². The fraction of sp³-hybridized carbons (Fsp3) is 0.308. The van der Waals surface area contributed by atoms with E-state index in [0.717, 1.165) is 11.1 Å². The lowest BCUT2D eigenvalue weighted by molar-refractivity contribution is -0.113. The summed E-state index contributed by atoms with van der Waals surface area (Å²) in [5.74, 6) is 0.390. The van der Waals surface area contributed by atoms with Crippen molar-refractivity contribution in [3.63, 3.8) is 0 Å². The summed E-state index contributed by atoms with van der Waals surface area (Å²) in [6.45, 7) is 6.79. The van der Waals surface area contributed by atoms with Crippen LogP contribution in [0.3, 0.4) is 0 Å². The number of aliphatic hydroxyl groups excluding tert-OH is 1. The van der Waals surface area contributed by atoms with Crippen molar-refractivity contribution in [2.45, 2.75) is 27.7 Å². The Morgan fingerprint density at radius 3 is 2.07 bits per heavy atom. The van der Waals surface area contributed by atoms with Gasteiger partial charge < -0.3 is 5.11 Å². The molecule has 0 heterocycles. The molecule has 0 fully saturated rings. The molecule has 1 N–H and O–H groups in total. The number of Topliss-reactive ketones (excluding diaryl/α,β-unsaturated/α-hetero) is 1. The molecule has 0 spiro atoms. The van der Waals surface area contributed by atoms with Gasteiger partial charge in [0.1, 0.15) is 0 Å². The number of allylic oxidation sites excluding steroid dienone is 8. The van der Waals surface area contributed by atoms with Gasteiger partial charge in [-0.25, -0.2) is 0 Å². The van der Waals surface area contributed by atoms with Crippen LogP contribution in [0.1, 0.15) is 27.7 Å². The van der Waals surface area contributed by atoms with E-state index in [4.69, 9.17) is 5.11 Å². The number of carbonyl (C=O) groups excluding carboxylic acids is 1. The predicted molar refractivity (Wildman–Crippen MR) is 63.7 cm³/mol. The zero-order valence-electron chi connectivity index (χ0n) is 9.74. The number of ketones is 1. The Bertz CT molecular complexity index is 338. The number of rotatable bonds is 4. The molecule has 15 heavy (non-hydrogen) atoms. The van der Waals surface area contributed by atoms with Gasteiger partial charge in [-0.05, 0) is 38.8 Å². The minimum atomic E-state index is 0.0749. The third-order valence-electron chi connectivity index (χ3n) is 2.04. The van der Waals surface area contributed by atoms with Crippen LogP contribution in [0.4, 0.5) is 0 Å². The van der Waals surface area contributed by atoms with Crippen molar-refractivity contribution in [3.05, 3.63) is 47.3 Å². The van der Waals surface area contributed by atoms with E-state index in [9.17, 15) is 4.79 Å². The van der Waals surface area contributed by atoms with Crippen LogP contribution in [0.25, 0.3) is 0 Å². The Morgan fingerprint density at radius 2 is 1.60 bits per heavy atom. The molecule has 0 bridgehead atoms. The van der Waals surface area contributed by atoms with Gasteiger partial charge in [-0.2, -0.15) is 0 Å². The van der Waals surface area contributed by atoms with Crippen LogP contribution in [-0.2, 0) is 4.79 Å². The van der Waals surface area contributed by atoms with Crippen molar-refractivity contribution in [2.75, 3.05) is 0 Å². The Morgan fingerprint density at radius 1 is 1.00 bits per heavy atom. The highest BCUT2D eigenvalue weighted by Gasteiger charge is 1.91. The van der Waals surface area contributed by atoms with Crippen molar-refractivity contribution in [1.82, 2.24) is 0 Å². The Hall–Kier alpha value is -1.57. The summed E-state index contributed by atoms with van der Waals surface area (Å²) < 4.78 is 0. The summed E-state index contributed by atoms with van der Waals surface area (Å²) in [6, 6.07) is 0. The third kappa shape index (κ3) is 6.49. The third-order valence-corrected chi connectivity index (χ3v) is 2.04. The quantitative estimate of drug-likeness (QED) is 0.434. The van der Waals surface area contributed by atoms with Gasteiger partial charge in [0, 0.05) is 0 Å². The zero-order chi connectivity index (χ0) is 11.8. The van der Waals surface area contributed by atoms with Gasteiger partial charge in [-0.3, -0.25) is 4.79 Å². The summed E-state index contributed by atoms with van der Waals surface area (Å²) in [7, 11) is 0. The number of carbonyl (C=O) groups is 1. The lowest BCUT2D eigenvalue weighted by atomic mass is 10.2. The summed E-state index contributed by atoms with van der Waals surface area (Å²) in [5, 5.41) is 9.09. The van der Waals surface area contributed by atoms with E-state index in [-0.39, 0.29) is 5.78 Å². The van der Waals surface area contributed by atoms with E-state index in [1.165, 1.54) is 6.92 Å². The van der Waals surface area contributed by atoms with E-state index in [1.807, 2.05) is 25.2 Å². The van der Waals surface area contributed by atoms with E-state index in [0.29, 0.717) is 5.76 Å². The van der Waals surface area contributed by atoms with E-state index in [1.54, 1.807) is 26.0 Å². The summed E-state index contributed by atoms with van der Waals surface area (Å²) in [5.41, 5.74) is 1.55. The predicted octanol–water partition coefficient (Wildman–Crippen LogP) is 3.49. The van der Waals surface area contributed by atoms with Crippen molar-refractivity contribution >= 4 is 5.78 Å². The molecule has 0 radical (unpaired) electrons. The van der Waals surface area contributed by atoms with Gasteiger partial charge in [0.25, 0.3) is 0 Å². The molecule has 0 saturated heterocycles. The van der Waals surface area contributed by atoms with Crippen molar-refractivity contribution in [3.8, 4) is 0 Å². The molecule has 82 valence electrons. The fourth-order valence-electron chi connectivity index (χ4n) is 0.702. The van der Waals surface area contributed by atoms with Gasteiger partial charge in [0.05, 0.1) is 5.76 Å². The molecule has 0 aromatic heterocycles. The smallest absolute Gasteiger partial charge is 0.155 e. The van der Waals surface area contributed by atoms with Crippen LogP contribution >= 0.6 is 0 Å². The number of aliphatic hydroxyl groups is 1. The van der Waals surface area contributed by atoms with E-state index < -0.39 is 0 Å². The Balaban J connectivity index is 4.30. The molecule has 0 amide bonds. The van der Waals surface area contributed by atoms with Crippen LogP contribution in [0.5, 0.6) is 0 Å². The second kappa shape index (κ2) is 6.82. The largest absolute Gasteiger partial charge is 0.512 e. The second-order valence-corrected chi connectivity index (χ2v) is 3.42. The van der Waals surface area contributed by atoms with Crippen LogP contribution in [0.15, 0.2) is 47.3 Å². The molecule has 2 heteroatoms. The molecule has 0 aliphatic rings. The maximum absolute atomic E-state index is 10.8. The topological polar surface area (TPSA) is 37.3 Å². The van der Waals surface area contributed by atoms with E-state index >= 15 is 0 Å². The van der Waals surface area contributed by atoms with Gasteiger partial charge in [0.15, 0.2) is 5.78 Å². The summed E-state index contributed by atoms with van der Waals surface area (Å²) >= 11 is 0. The summed E-state index contributed by atoms with van der Waals surface area (Å²) in [6.07, 6.45) is 9.01. The first-order valence-corrected chi connectivity index (χ1v) is 4.84. The lowest BCUT2D eigenvalue weighted by Crippen LogP contribution is -1.89. The SMILES string of the molecule is CC(=O)/C(C)=C/C=C/C=C/C(C)=C(/C)O. The molecular weight excluding hydrogens is 188 g/mol. The molecule has 0 saturated carbocycles. The first kappa shape index (κ1) is 13.4. The standard InChI is InChI=1S/C13H18O2/c1-10(12(3)14)8-6-5-7-9-11(2)13(4)15/h5-9,14H,1-4H3/b7-5+,8-6+,11-9+,12-10-. The van der Waals surface area contributed by atoms with Crippen LogP contribution < -0.4 is 0 Å². The highest BCUT2D eigenvalue weighted by Crippen LogP contribution is 2.01. The Labute approximate surface area is 91.3 Å². The minimum absolute atomic E-state index is 0.0749. The molecule has 2 nitrogen and oxygen atoms in total. The van der Waals surface area contributed by atoms with Gasteiger partial charge >= 0.3 is 0 Å². The lowest BCUT2D eigenvalue weighted by Gasteiger charge is -1.91. The minimum Gasteiger partial charge on any atom is -0.512 e. The molecule has 0 aromatic carbocycles. The molecule has 0 aromatic rings. The molecule has 0 unspecified atom stereocenters. The van der Waals surface area contributed by atoms with Gasteiger partial charge in [0.2, 0.25) is 0 Å². The molecule has 0 rings (SSSR count). The maximum Gasteiger partial charge on any atom is 0.155 e. The van der Waals surface area contributed by atoms with Crippen LogP contribution in [0, 0.1) is 0 Å². The molecular formula is C13H18O2. The first-order chi connectivity index (χ1) is 6.95. The van der Waals surface area contributed by atoms with Crippen molar-refractivity contribution in [2.24, 2.45) is 0 Å². The number of hydrogen-bond acceptors (Lipinski definition) is 2. The van der Waals surface area contributed by atoms with Crippen LogP contribution in [-0.4, -0.2) is 10.9 Å². The summed E-state index contributed by atoms with van der Waals surface area (Å²) in [4.78, 5) is 10.8. The first-order valence-electron chi connectivity index (χ1n) is 4.84. The Kier molecular flexibility index (Phi) is 6.11. The van der Waals surface area contributed by atoms with E-state index in [2.05, 4.69) is 0 Å². The monoisotopic (exact) mass is 206 g/mol. The highest BCUT2D eigenvalue weighted by molar-refractivity contribution is 5.92. The maximum atomic E-state index is 10.8. The molecule has 0 aliphatic heterocycles. The second-order valence-electron chi connectivity index (χ2n) is 3.42. The van der Waals surface area contributed by atoms with Crippen LogP contribution in [0.2, 0.25) is 0 Å². The van der Waals surface area contributed by atoms with Gasteiger partial charge in [-0.1, -0.05) is 30.4 Å². The molecule has 0 atom stereocenters.